The van der Waals surface area contributed by atoms with Crippen molar-refractivity contribution in [3.8, 4) is 0 Å². The van der Waals surface area contributed by atoms with E-state index in [1.54, 1.807) is 0 Å². The zero-order valence-corrected chi connectivity index (χ0v) is 9.85. The summed E-state index contributed by atoms with van der Waals surface area (Å²) in [7, 11) is 0. The van der Waals surface area contributed by atoms with Gasteiger partial charge >= 0.3 is 5.69 Å². The molecule has 1 aliphatic carbocycles. The molecule has 0 aromatic heterocycles. The Kier molecular flexibility index (Phi) is 3.27. The van der Waals surface area contributed by atoms with Gasteiger partial charge in [0.25, 0.3) is 5.91 Å². The molecule has 1 fully saturated rings. The van der Waals surface area contributed by atoms with Gasteiger partial charge in [-0.15, -0.1) is 0 Å². The number of hydrogen-bond acceptors (Lipinski definition) is 3. The van der Waals surface area contributed by atoms with Gasteiger partial charge in [-0.1, -0.05) is 13.3 Å². The molecule has 96 valence electrons. The van der Waals surface area contributed by atoms with Crippen molar-refractivity contribution in [2.75, 3.05) is 0 Å². The number of nitrogens with one attached hydrogen (secondary N) is 1. The third-order valence-corrected chi connectivity index (χ3v) is 3.17. The molecule has 5 nitrogen and oxygen atoms in total. The Balaban J connectivity index is 2.07. The molecular formula is C12H13FN2O3. The van der Waals surface area contributed by atoms with Gasteiger partial charge in [0.05, 0.1) is 4.92 Å². The van der Waals surface area contributed by atoms with Gasteiger partial charge < -0.3 is 5.32 Å². The lowest BCUT2D eigenvalue weighted by Crippen LogP contribution is -2.26. The van der Waals surface area contributed by atoms with E-state index in [4.69, 9.17) is 0 Å². The Hall–Kier alpha value is -1.98. The zero-order valence-electron chi connectivity index (χ0n) is 9.85. The lowest BCUT2D eigenvalue weighted by Gasteiger charge is -2.04. The van der Waals surface area contributed by atoms with Crippen molar-refractivity contribution in [2.24, 2.45) is 5.92 Å². The summed E-state index contributed by atoms with van der Waals surface area (Å²) < 4.78 is 13.3. The molecule has 0 bridgehead atoms. The highest BCUT2D eigenvalue weighted by atomic mass is 19.1. The Bertz CT molecular complexity index is 504. The summed E-state index contributed by atoms with van der Waals surface area (Å²) in [4.78, 5) is 21.4. The van der Waals surface area contributed by atoms with Crippen LogP contribution in [0, 0.1) is 21.8 Å². The minimum absolute atomic E-state index is 0.111. The number of nitro benzene ring substituents is 1. The van der Waals surface area contributed by atoms with Crippen LogP contribution in [0.25, 0.3) is 0 Å². The molecular weight excluding hydrogens is 239 g/mol. The average molecular weight is 252 g/mol. The van der Waals surface area contributed by atoms with Crippen molar-refractivity contribution in [3.05, 3.63) is 39.7 Å². The maximum atomic E-state index is 13.3. The van der Waals surface area contributed by atoms with Crippen LogP contribution in [-0.2, 0) is 0 Å². The summed E-state index contributed by atoms with van der Waals surface area (Å²) in [6, 6.07) is 3.33. The molecule has 1 aliphatic rings. The number of hydrogen-bond donors (Lipinski definition) is 1. The molecule has 2 atom stereocenters. The van der Waals surface area contributed by atoms with Crippen molar-refractivity contribution in [3.63, 3.8) is 0 Å². The van der Waals surface area contributed by atoms with Crippen LogP contribution < -0.4 is 5.32 Å². The van der Waals surface area contributed by atoms with Gasteiger partial charge in [0.2, 0.25) is 5.82 Å². The monoisotopic (exact) mass is 252 g/mol. The summed E-state index contributed by atoms with van der Waals surface area (Å²) in [6.07, 6.45) is 1.94. The first kappa shape index (κ1) is 12.5. The SMILES string of the molecule is CCC1CC1NC(=O)c1ccc([N+](=O)[O-])c(F)c1. The zero-order chi connectivity index (χ0) is 13.3. The van der Waals surface area contributed by atoms with E-state index >= 15 is 0 Å². The number of benzene rings is 1. The Labute approximate surface area is 103 Å². The number of carbonyl (C=O) groups excluding carboxylic acids is 1. The van der Waals surface area contributed by atoms with Crippen LogP contribution in [-0.4, -0.2) is 16.9 Å². The predicted molar refractivity (Wildman–Crippen MR) is 62.7 cm³/mol. The minimum Gasteiger partial charge on any atom is -0.349 e. The van der Waals surface area contributed by atoms with Gasteiger partial charge in [-0.2, -0.15) is 4.39 Å². The summed E-state index contributed by atoms with van der Waals surface area (Å²) in [6.45, 7) is 2.04. The predicted octanol–water partition coefficient (Wildman–Crippen LogP) is 2.26. The molecule has 1 N–H and O–H groups in total. The molecule has 0 heterocycles. The fraction of sp³-hybridized carbons (Fsp3) is 0.417. The number of nitro groups is 1. The summed E-state index contributed by atoms with van der Waals surface area (Å²) in [5.74, 6) is -0.878. The second-order valence-corrected chi connectivity index (χ2v) is 4.41. The van der Waals surface area contributed by atoms with Crippen molar-refractivity contribution in [1.29, 1.82) is 0 Å². The van der Waals surface area contributed by atoms with E-state index in [9.17, 15) is 19.3 Å². The number of carbonyl (C=O) groups is 1. The fourth-order valence-electron chi connectivity index (χ4n) is 1.92. The summed E-state index contributed by atoms with van der Waals surface area (Å²) in [5, 5.41) is 13.2. The van der Waals surface area contributed by atoms with Crippen molar-refractivity contribution in [2.45, 2.75) is 25.8 Å². The van der Waals surface area contributed by atoms with Crippen LogP contribution in [0.15, 0.2) is 18.2 Å². The molecule has 1 aromatic carbocycles. The first-order chi connectivity index (χ1) is 8.52. The van der Waals surface area contributed by atoms with E-state index in [2.05, 4.69) is 5.32 Å². The number of nitrogens with zero attached hydrogens (tertiary/aromatic N) is 1. The summed E-state index contributed by atoms with van der Waals surface area (Å²) >= 11 is 0. The van der Waals surface area contributed by atoms with E-state index in [1.165, 1.54) is 6.07 Å². The van der Waals surface area contributed by atoms with Crippen LogP contribution in [0.4, 0.5) is 10.1 Å². The summed E-state index contributed by atoms with van der Waals surface area (Å²) in [5.41, 5.74) is -0.510. The fourth-order valence-corrected chi connectivity index (χ4v) is 1.92. The van der Waals surface area contributed by atoms with Gasteiger partial charge in [0.15, 0.2) is 0 Å². The van der Waals surface area contributed by atoms with Crippen LogP contribution in [0.2, 0.25) is 0 Å². The first-order valence-electron chi connectivity index (χ1n) is 5.77. The Morgan fingerprint density at radius 2 is 2.33 bits per heavy atom. The Morgan fingerprint density at radius 1 is 1.61 bits per heavy atom. The highest BCUT2D eigenvalue weighted by Gasteiger charge is 2.36. The van der Waals surface area contributed by atoms with Crippen LogP contribution in [0.3, 0.4) is 0 Å². The molecule has 0 radical (unpaired) electrons. The normalized spacial score (nSPS) is 21.4. The quantitative estimate of drug-likeness (QED) is 0.660. The van der Waals surface area contributed by atoms with Gasteiger partial charge in [-0.3, -0.25) is 14.9 Å². The van der Waals surface area contributed by atoms with Gasteiger partial charge in [-0.05, 0) is 24.5 Å². The van der Waals surface area contributed by atoms with E-state index in [-0.39, 0.29) is 17.5 Å². The second-order valence-electron chi connectivity index (χ2n) is 4.41. The highest BCUT2D eigenvalue weighted by molar-refractivity contribution is 5.94. The highest BCUT2D eigenvalue weighted by Crippen LogP contribution is 2.33. The van der Waals surface area contributed by atoms with E-state index in [0.29, 0.717) is 5.92 Å². The number of amides is 1. The molecule has 6 heteroatoms. The van der Waals surface area contributed by atoms with Gasteiger partial charge in [-0.25, -0.2) is 0 Å². The lowest BCUT2D eigenvalue weighted by molar-refractivity contribution is -0.387. The van der Waals surface area contributed by atoms with Gasteiger partial charge in [0, 0.05) is 17.7 Å². The molecule has 0 spiro atoms. The molecule has 2 unspecified atom stereocenters. The van der Waals surface area contributed by atoms with E-state index in [1.807, 2.05) is 6.92 Å². The smallest absolute Gasteiger partial charge is 0.304 e. The third-order valence-electron chi connectivity index (χ3n) is 3.17. The average Bonchev–Trinajstić information content (AvgIpc) is 3.06. The van der Waals surface area contributed by atoms with E-state index < -0.39 is 16.4 Å². The molecule has 1 amide bonds. The number of rotatable bonds is 4. The molecule has 1 saturated carbocycles. The number of halogens is 1. The molecule has 2 rings (SSSR count). The van der Waals surface area contributed by atoms with E-state index in [0.717, 1.165) is 25.0 Å². The molecule has 0 saturated heterocycles. The second kappa shape index (κ2) is 4.72. The molecule has 1 aromatic rings. The van der Waals surface area contributed by atoms with Crippen molar-refractivity contribution < 1.29 is 14.1 Å². The largest absolute Gasteiger partial charge is 0.349 e. The minimum atomic E-state index is -0.990. The van der Waals surface area contributed by atoms with Crippen molar-refractivity contribution in [1.82, 2.24) is 5.32 Å². The standard InChI is InChI=1S/C12H13FN2O3/c1-2-7-6-10(7)14-12(16)8-3-4-11(15(17)18)9(13)5-8/h3-5,7,10H,2,6H2,1H3,(H,14,16). The molecule has 0 aliphatic heterocycles. The molecule has 18 heavy (non-hydrogen) atoms. The lowest BCUT2D eigenvalue weighted by atomic mass is 10.2. The van der Waals surface area contributed by atoms with Crippen LogP contribution in [0.1, 0.15) is 30.1 Å². The van der Waals surface area contributed by atoms with Gasteiger partial charge in [0.1, 0.15) is 0 Å². The Morgan fingerprint density at radius 3 is 2.83 bits per heavy atom. The van der Waals surface area contributed by atoms with Crippen molar-refractivity contribution >= 4 is 11.6 Å². The topological polar surface area (TPSA) is 72.2 Å². The maximum absolute atomic E-state index is 13.3. The third kappa shape index (κ3) is 2.47. The first-order valence-corrected chi connectivity index (χ1v) is 5.77. The van der Waals surface area contributed by atoms with Crippen LogP contribution in [0.5, 0.6) is 0 Å². The maximum Gasteiger partial charge on any atom is 0.304 e. The van der Waals surface area contributed by atoms with Crippen LogP contribution >= 0.6 is 0 Å².